The molecule has 0 radical (unpaired) electrons. The van der Waals surface area contributed by atoms with E-state index in [2.05, 4.69) is 4.98 Å². The first-order valence-electron chi connectivity index (χ1n) is 6.13. The molecular weight excluding hydrogens is 331 g/mol. The molecule has 0 fully saturated rings. The smallest absolute Gasteiger partial charge is 0.261 e. The number of benzene rings is 2. The Labute approximate surface area is 135 Å². The maximum Gasteiger partial charge on any atom is 0.261 e. The van der Waals surface area contributed by atoms with Crippen molar-refractivity contribution in [2.75, 3.05) is 0 Å². The molecule has 21 heavy (non-hydrogen) atoms. The Bertz CT molecular complexity index is 890. The Morgan fingerprint density at radius 2 is 1.71 bits per heavy atom. The summed E-state index contributed by atoms with van der Waals surface area (Å²) in [5.41, 5.74) is 1.24. The molecule has 106 valence electrons. The summed E-state index contributed by atoms with van der Waals surface area (Å²) >= 11 is 17.9. The van der Waals surface area contributed by atoms with Crippen LogP contribution in [0.5, 0.6) is 0 Å². The molecule has 1 heterocycles. The zero-order chi connectivity index (χ0) is 15.0. The molecule has 3 aromatic rings. The number of rotatable bonds is 2. The van der Waals surface area contributed by atoms with Crippen LogP contribution in [0.2, 0.25) is 15.1 Å². The van der Waals surface area contributed by atoms with Gasteiger partial charge < -0.3 is 0 Å². The van der Waals surface area contributed by atoms with Crippen molar-refractivity contribution in [1.29, 1.82) is 0 Å². The molecule has 0 bridgehead atoms. The fraction of sp³-hybridized carbons (Fsp3) is 0.0667. The lowest BCUT2D eigenvalue weighted by molar-refractivity contribution is 0.748. The summed E-state index contributed by atoms with van der Waals surface area (Å²) in [6.07, 6.45) is 1.49. The molecule has 0 aliphatic carbocycles. The Morgan fingerprint density at radius 3 is 2.48 bits per heavy atom. The summed E-state index contributed by atoms with van der Waals surface area (Å²) in [6.45, 7) is 0.334. The van der Waals surface area contributed by atoms with Crippen LogP contribution < -0.4 is 5.56 Å². The van der Waals surface area contributed by atoms with E-state index in [0.717, 1.165) is 5.56 Å². The van der Waals surface area contributed by atoms with Crippen LogP contribution in [0.3, 0.4) is 0 Å². The Kier molecular flexibility index (Phi) is 3.89. The predicted octanol–water partition coefficient (Wildman–Crippen LogP) is 4.41. The van der Waals surface area contributed by atoms with Gasteiger partial charge in [-0.2, -0.15) is 0 Å². The number of halogens is 3. The van der Waals surface area contributed by atoms with E-state index in [9.17, 15) is 4.79 Å². The van der Waals surface area contributed by atoms with Crippen LogP contribution in [0.4, 0.5) is 0 Å². The van der Waals surface area contributed by atoms with Crippen LogP contribution in [0.25, 0.3) is 10.9 Å². The molecule has 0 unspecified atom stereocenters. The first-order valence-corrected chi connectivity index (χ1v) is 7.26. The van der Waals surface area contributed by atoms with Gasteiger partial charge in [0.05, 0.1) is 23.8 Å². The normalized spacial score (nSPS) is 11.0. The quantitative estimate of drug-likeness (QED) is 0.693. The van der Waals surface area contributed by atoms with Crippen LogP contribution in [0, 0.1) is 0 Å². The van der Waals surface area contributed by atoms with Gasteiger partial charge in [-0.3, -0.25) is 9.36 Å². The molecule has 6 heteroatoms. The second-order valence-corrected chi connectivity index (χ2v) is 5.85. The number of nitrogens with zero attached hydrogens (tertiary/aromatic N) is 2. The molecule has 2 aromatic carbocycles. The number of fused-ring (bicyclic) bond motifs is 1. The monoisotopic (exact) mass is 338 g/mol. The first kappa shape index (κ1) is 14.4. The topological polar surface area (TPSA) is 34.9 Å². The minimum atomic E-state index is -0.136. The average molecular weight is 340 g/mol. The Hall–Kier alpha value is -1.55. The molecular formula is C15H9Cl3N2O. The first-order chi connectivity index (χ1) is 10.0. The molecule has 0 aliphatic rings. The summed E-state index contributed by atoms with van der Waals surface area (Å²) in [4.78, 5) is 16.7. The van der Waals surface area contributed by atoms with E-state index in [1.54, 1.807) is 36.4 Å². The standard InChI is InChI=1S/C15H9Cl3N2O/c16-10-2-1-9(13(18)5-10)7-20-8-19-14-6-11(17)3-4-12(14)15(20)21/h1-6,8H,7H2. The Balaban J connectivity index is 2.07. The van der Waals surface area contributed by atoms with E-state index in [4.69, 9.17) is 34.8 Å². The molecule has 0 amide bonds. The van der Waals surface area contributed by atoms with Gasteiger partial charge in [0.2, 0.25) is 0 Å². The minimum absolute atomic E-state index is 0.136. The fourth-order valence-corrected chi connectivity index (χ4v) is 2.71. The van der Waals surface area contributed by atoms with Crippen molar-refractivity contribution in [3.05, 3.63) is 73.7 Å². The minimum Gasteiger partial charge on any atom is -0.294 e. The lowest BCUT2D eigenvalue weighted by Crippen LogP contribution is -2.21. The maximum atomic E-state index is 12.4. The molecule has 0 atom stereocenters. The van der Waals surface area contributed by atoms with Crippen molar-refractivity contribution in [3.63, 3.8) is 0 Å². The summed E-state index contributed by atoms with van der Waals surface area (Å²) in [5, 5.41) is 2.15. The van der Waals surface area contributed by atoms with Crippen LogP contribution in [0.15, 0.2) is 47.5 Å². The Morgan fingerprint density at radius 1 is 1.00 bits per heavy atom. The molecule has 0 saturated heterocycles. The van der Waals surface area contributed by atoms with Crippen molar-refractivity contribution < 1.29 is 0 Å². The van der Waals surface area contributed by atoms with Crippen molar-refractivity contribution in [3.8, 4) is 0 Å². The summed E-state index contributed by atoms with van der Waals surface area (Å²) in [7, 11) is 0. The zero-order valence-corrected chi connectivity index (χ0v) is 13.0. The number of hydrogen-bond acceptors (Lipinski definition) is 2. The average Bonchev–Trinajstić information content (AvgIpc) is 2.44. The molecule has 3 rings (SSSR count). The molecule has 0 aliphatic heterocycles. The fourth-order valence-electron chi connectivity index (χ4n) is 2.08. The van der Waals surface area contributed by atoms with Gasteiger partial charge in [0.1, 0.15) is 0 Å². The van der Waals surface area contributed by atoms with E-state index >= 15 is 0 Å². The second-order valence-electron chi connectivity index (χ2n) is 4.57. The highest BCUT2D eigenvalue weighted by atomic mass is 35.5. The van der Waals surface area contributed by atoms with Gasteiger partial charge in [-0.05, 0) is 35.9 Å². The van der Waals surface area contributed by atoms with Gasteiger partial charge in [0.25, 0.3) is 5.56 Å². The molecule has 1 aromatic heterocycles. The van der Waals surface area contributed by atoms with Gasteiger partial charge in [0, 0.05) is 15.1 Å². The summed E-state index contributed by atoms with van der Waals surface area (Å²) < 4.78 is 1.51. The van der Waals surface area contributed by atoms with Gasteiger partial charge in [-0.15, -0.1) is 0 Å². The van der Waals surface area contributed by atoms with Crippen molar-refractivity contribution >= 4 is 45.7 Å². The van der Waals surface area contributed by atoms with Gasteiger partial charge in [-0.25, -0.2) is 4.98 Å². The largest absolute Gasteiger partial charge is 0.294 e. The van der Waals surface area contributed by atoms with E-state index in [1.165, 1.54) is 10.9 Å². The lowest BCUT2D eigenvalue weighted by atomic mass is 10.2. The molecule has 3 nitrogen and oxygen atoms in total. The number of aromatic nitrogens is 2. The zero-order valence-electron chi connectivity index (χ0n) is 10.7. The lowest BCUT2D eigenvalue weighted by Gasteiger charge is -2.08. The van der Waals surface area contributed by atoms with E-state index < -0.39 is 0 Å². The third-order valence-corrected chi connectivity index (χ3v) is 3.97. The van der Waals surface area contributed by atoms with E-state index in [-0.39, 0.29) is 5.56 Å². The van der Waals surface area contributed by atoms with Gasteiger partial charge in [0.15, 0.2) is 0 Å². The highest BCUT2D eigenvalue weighted by molar-refractivity contribution is 6.35. The highest BCUT2D eigenvalue weighted by Gasteiger charge is 2.07. The molecule has 0 N–H and O–H groups in total. The predicted molar refractivity (Wildman–Crippen MR) is 86.6 cm³/mol. The van der Waals surface area contributed by atoms with Crippen LogP contribution in [-0.4, -0.2) is 9.55 Å². The van der Waals surface area contributed by atoms with Crippen molar-refractivity contribution in [2.24, 2.45) is 0 Å². The number of hydrogen-bond donors (Lipinski definition) is 0. The van der Waals surface area contributed by atoms with Gasteiger partial charge >= 0.3 is 0 Å². The van der Waals surface area contributed by atoms with Crippen molar-refractivity contribution in [1.82, 2.24) is 9.55 Å². The summed E-state index contributed by atoms with van der Waals surface area (Å²) in [5.74, 6) is 0. The van der Waals surface area contributed by atoms with Crippen LogP contribution >= 0.6 is 34.8 Å². The second kappa shape index (κ2) is 5.68. The molecule has 0 saturated carbocycles. The summed E-state index contributed by atoms with van der Waals surface area (Å²) in [6, 6.07) is 10.2. The highest BCUT2D eigenvalue weighted by Crippen LogP contribution is 2.21. The van der Waals surface area contributed by atoms with Gasteiger partial charge in [-0.1, -0.05) is 40.9 Å². The van der Waals surface area contributed by atoms with Crippen molar-refractivity contribution in [2.45, 2.75) is 6.54 Å². The van der Waals surface area contributed by atoms with E-state index in [0.29, 0.717) is 32.5 Å². The molecule has 0 spiro atoms. The van der Waals surface area contributed by atoms with Crippen LogP contribution in [0.1, 0.15) is 5.56 Å². The SMILES string of the molecule is O=c1c2ccc(Cl)cc2ncn1Cc1ccc(Cl)cc1Cl. The van der Waals surface area contributed by atoms with E-state index in [1.807, 2.05) is 0 Å². The third-order valence-electron chi connectivity index (χ3n) is 3.14. The maximum absolute atomic E-state index is 12.4. The van der Waals surface area contributed by atoms with Crippen LogP contribution in [-0.2, 0) is 6.54 Å². The third kappa shape index (κ3) is 2.91.